The second-order valence-corrected chi connectivity index (χ2v) is 6.36. The van der Waals surface area contributed by atoms with Gasteiger partial charge >= 0.3 is 5.97 Å². The number of ether oxygens (including phenoxy) is 2. The number of methoxy groups -OCH3 is 1. The SMILES string of the molecule is COC(=O)c1cc2c(c3oc4ncccc4c(=O)c13)C=CC(C)(C)O2. The van der Waals surface area contributed by atoms with E-state index in [4.69, 9.17) is 13.9 Å². The Kier molecular flexibility index (Phi) is 3.18. The number of rotatable bonds is 1. The van der Waals surface area contributed by atoms with Crippen LogP contribution in [0.25, 0.3) is 28.1 Å². The summed E-state index contributed by atoms with van der Waals surface area (Å²) in [5.41, 5.74) is 0.325. The standard InChI is InChI=1S/C19H15NO5/c1-19(2)7-6-10-13(25-19)9-12(18(22)23-3)14-15(21)11-5-4-8-20-17(11)24-16(10)14/h4-9H,1-3H3. The van der Waals surface area contributed by atoms with E-state index in [1.165, 1.54) is 13.2 Å². The highest BCUT2D eigenvalue weighted by Crippen LogP contribution is 2.38. The van der Waals surface area contributed by atoms with E-state index >= 15 is 0 Å². The minimum atomic E-state index is -0.626. The number of benzene rings is 1. The number of pyridine rings is 1. The molecular formula is C19H15NO5. The van der Waals surface area contributed by atoms with Gasteiger partial charge in [0.25, 0.3) is 0 Å². The zero-order valence-corrected chi connectivity index (χ0v) is 14.0. The molecule has 4 rings (SSSR count). The maximum atomic E-state index is 13.0. The molecule has 6 heteroatoms. The van der Waals surface area contributed by atoms with Crippen molar-refractivity contribution in [2.45, 2.75) is 19.4 Å². The van der Waals surface area contributed by atoms with Crippen LogP contribution in [-0.4, -0.2) is 23.7 Å². The maximum Gasteiger partial charge on any atom is 0.338 e. The lowest BCUT2D eigenvalue weighted by atomic mass is 9.97. The third kappa shape index (κ3) is 2.29. The molecule has 1 aliphatic heterocycles. The zero-order chi connectivity index (χ0) is 17.8. The number of fused-ring (bicyclic) bond motifs is 4. The molecule has 0 amide bonds. The average Bonchev–Trinajstić information content (AvgIpc) is 2.59. The molecule has 0 saturated heterocycles. The Balaban J connectivity index is 2.21. The second-order valence-electron chi connectivity index (χ2n) is 6.36. The number of esters is 1. The Morgan fingerprint density at radius 2 is 2.12 bits per heavy atom. The number of carbonyl (C=O) groups is 1. The quantitative estimate of drug-likeness (QED) is 0.501. The summed E-state index contributed by atoms with van der Waals surface area (Å²) >= 11 is 0. The van der Waals surface area contributed by atoms with Gasteiger partial charge in [0, 0.05) is 6.20 Å². The molecule has 0 atom stereocenters. The summed E-state index contributed by atoms with van der Waals surface area (Å²) in [5, 5.41) is 0.472. The van der Waals surface area contributed by atoms with Crippen LogP contribution in [0.3, 0.4) is 0 Å². The Morgan fingerprint density at radius 3 is 2.88 bits per heavy atom. The van der Waals surface area contributed by atoms with E-state index in [2.05, 4.69) is 4.98 Å². The summed E-state index contributed by atoms with van der Waals surface area (Å²) in [6.07, 6.45) is 5.25. The zero-order valence-electron chi connectivity index (χ0n) is 14.0. The summed E-state index contributed by atoms with van der Waals surface area (Å²) in [7, 11) is 1.27. The first kappa shape index (κ1) is 15.4. The molecular weight excluding hydrogens is 322 g/mol. The number of aromatic nitrogens is 1. The van der Waals surface area contributed by atoms with Gasteiger partial charge in [0.2, 0.25) is 11.1 Å². The Labute approximate surface area is 142 Å². The molecule has 0 radical (unpaired) electrons. The molecule has 25 heavy (non-hydrogen) atoms. The van der Waals surface area contributed by atoms with Gasteiger partial charge in [-0.15, -0.1) is 0 Å². The van der Waals surface area contributed by atoms with Crippen LogP contribution in [-0.2, 0) is 4.74 Å². The fourth-order valence-corrected chi connectivity index (χ4v) is 2.97. The van der Waals surface area contributed by atoms with Gasteiger partial charge in [-0.1, -0.05) is 0 Å². The fourth-order valence-electron chi connectivity index (χ4n) is 2.97. The monoisotopic (exact) mass is 337 g/mol. The molecule has 0 aliphatic carbocycles. The molecule has 2 aromatic heterocycles. The van der Waals surface area contributed by atoms with Gasteiger partial charge in [-0.05, 0) is 44.2 Å². The van der Waals surface area contributed by atoms with E-state index in [0.29, 0.717) is 16.7 Å². The van der Waals surface area contributed by atoms with Crippen molar-refractivity contribution in [3.8, 4) is 5.75 Å². The maximum absolute atomic E-state index is 13.0. The summed E-state index contributed by atoms with van der Waals surface area (Å²) in [4.78, 5) is 29.4. The van der Waals surface area contributed by atoms with E-state index in [9.17, 15) is 9.59 Å². The van der Waals surface area contributed by atoms with Crippen molar-refractivity contribution >= 4 is 34.1 Å². The first-order valence-corrected chi connectivity index (χ1v) is 7.76. The van der Waals surface area contributed by atoms with Crippen molar-refractivity contribution in [3.63, 3.8) is 0 Å². The number of carbonyl (C=O) groups excluding carboxylic acids is 1. The molecule has 0 fully saturated rings. The average molecular weight is 337 g/mol. The van der Waals surface area contributed by atoms with E-state index in [1.54, 1.807) is 18.3 Å². The van der Waals surface area contributed by atoms with Gasteiger partial charge in [0.1, 0.15) is 11.4 Å². The predicted molar refractivity (Wildman–Crippen MR) is 92.9 cm³/mol. The minimum Gasteiger partial charge on any atom is -0.483 e. The number of hydrogen-bond acceptors (Lipinski definition) is 6. The summed E-state index contributed by atoms with van der Waals surface area (Å²) in [6, 6.07) is 4.80. The highest BCUT2D eigenvalue weighted by atomic mass is 16.5. The summed E-state index contributed by atoms with van der Waals surface area (Å²) in [6.45, 7) is 3.79. The third-order valence-corrected chi connectivity index (χ3v) is 4.15. The van der Waals surface area contributed by atoms with Crippen LogP contribution < -0.4 is 10.2 Å². The van der Waals surface area contributed by atoms with Crippen LogP contribution in [0.5, 0.6) is 5.75 Å². The molecule has 1 aromatic carbocycles. The molecule has 1 aliphatic rings. The summed E-state index contributed by atoms with van der Waals surface area (Å²) < 4.78 is 16.7. The Hall–Kier alpha value is -3.15. The molecule has 0 spiro atoms. The van der Waals surface area contributed by atoms with E-state index in [0.717, 1.165) is 0 Å². The van der Waals surface area contributed by atoms with Gasteiger partial charge in [-0.2, -0.15) is 0 Å². The molecule has 3 aromatic rings. The van der Waals surface area contributed by atoms with Gasteiger partial charge < -0.3 is 13.9 Å². The molecule has 126 valence electrons. The van der Waals surface area contributed by atoms with E-state index < -0.39 is 11.6 Å². The van der Waals surface area contributed by atoms with Crippen molar-refractivity contribution in [2.24, 2.45) is 0 Å². The third-order valence-electron chi connectivity index (χ3n) is 4.15. The number of hydrogen-bond donors (Lipinski definition) is 0. The lowest BCUT2D eigenvalue weighted by Gasteiger charge is -2.28. The van der Waals surface area contributed by atoms with Crippen LogP contribution in [0, 0.1) is 0 Å². The number of nitrogens with zero attached hydrogens (tertiary/aromatic N) is 1. The highest BCUT2D eigenvalue weighted by Gasteiger charge is 2.28. The Morgan fingerprint density at radius 1 is 1.32 bits per heavy atom. The van der Waals surface area contributed by atoms with Crippen molar-refractivity contribution < 1.29 is 18.7 Å². The van der Waals surface area contributed by atoms with Crippen molar-refractivity contribution in [3.05, 3.63) is 51.8 Å². The van der Waals surface area contributed by atoms with E-state index in [-0.39, 0.29) is 27.7 Å². The lowest BCUT2D eigenvalue weighted by Crippen LogP contribution is -2.28. The highest BCUT2D eigenvalue weighted by molar-refractivity contribution is 6.08. The minimum absolute atomic E-state index is 0.113. The van der Waals surface area contributed by atoms with Crippen molar-refractivity contribution in [2.75, 3.05) is 7.11 Å². The molecule has 0 unspecified atom stereocenters. The van der Waals surface area contributed by atoms with Crippen LogP contribution in [0.1, 0.15) is 29.8 Å². The second kappa shape index (κ2) is 5.17. The van der Waals surface area contributed by atoms with Gasteiger partial charge in [0.05, 0.1) is 29.0 Å². The van der Waals surface area contributed by atoms with Crippen LogP contribution in [0.4, 0.5) is 0 Å². The van der Waals surface area contributed by atoms with E-state index in [1.807, 2.05) is 26.0 Å². The largest absolute Gasteiger partial charge is 0.483 e. The smallest absolute Gasteiger partial charge is 0.338 e. The molecule has 3 heterocycles. The van der Waals surface area contributed by atoms with Gasteiger partial charge in [0.15, 0.2) is 5.58 Å². The van der Waals surface area contributed by atoms with Gasteiger partial charge in [-0.3, -0.25) is 4.79 Å². The molecule has 0 saturated carbocycles. The molecule has 0 N–H and O–H groups in total. The Bertz CT molecular complexity index is 1120. The normalized spacial score (nSPS) is 15.0. The van der Waals surface area contributed by atoms with Crippen LogP contribution in [0.2, 0.25) is 0 Å². The predicted octanol–water partition coefficient (Wildman–Crippen LogP) is 3.31. The summed E-state index contributed by atoms with van der Waals surface area (Å²) in [5.74, 6) is -0.168. The van der Waals surface area contributed by atoms with Crippen molar-refractivity contribution in [1.82, 2.24) is 4.98 Å². The lowest BCUT2D eigenvalue weighted by molar-refractivity contribution is 0.0601. The fraction of sp³-hybridized carbons (Fsp3) is 0.211. The van der Waals surface area contributed by atoms with Crippen LogP contribution >= 0.6 is 0 Å². The first-order chi connectivity index (χ1) is 11.9. The van der Waals surface area contributed by atoms with Crippen molar-refractivity contribution in [1.29, 1.82) is 0 Å². The molecule has 6 nitrogen and oxygen atoms in total. The molecule has 0 bridgehead atoms. The topological polar surface area (TPSA) is 78.6 Å². The first-order valence-electron chi connectivity index (χ1n) is 7.76. The van der Waals surface area contributed by atoms with Crippen LogP contribution in [0.15, 0.2) is 39.7 Å². The van der Waals surface area contributed by atoms with Gasteiger partial charge in [-0.25, -0.2) is 9.78 Å².